The highest BCUT2D eigenvalue weighted by Gasteiger charge is 2.26. The first-order valence-electron chi connectivity index (χ1n) is 7.00. The zero-order valence-electron chi connectivity index (χ0n) is 11.8. The van der Waals surface area contributed by atoms with Crippen LogP contribution in [0.25, 0.3) is 11.0 Å². The molecule has 1 heterocycles. The van der Waals surface area contributed by atoms with Crippen LogP contribution in [0.4, 0.5) is 13.2 Å². The van der Waals surface area contributed by atoms with E-state index in [1.54, 1.807) is 12.4 Å². The van der Waals surface area contributed by atoms with Crippen molar-refractivity contribution in [2.45, 2.75) is 38.4 Å². The van der Waals surface area contributed by atoms with Crippen LogP contribution < -0.4 is 5.32 Å². The maximum absolute atomic E-state index is 12.3. The minimum absolute atomic E-state index is 0.0937. The molecule has 0 radical (unpaired) electrons. The number of hydrogen-bond donors (Lipinski definition) is 1. The minimum Gasteiger partial charge on any atom is -0.310 e. The second-order valence-electron chi connectivity index (χ2n) is 4.92. The maximum Gasteiger partial charge on any atom is 0.389 e. The predicted molar refractivity (Wildman–Crippen MR) is 75.9 cm³/mol. The van der Waals surface area contributed by atoms with E-state index < -0.39 is 12.6 Å². The zero-order chi connectivity index (χ0) is 15.3. The van der Waals surface area contributed by atoms with Crippen LogP contribution in [0.2, 0.25) is 0 Å². The molecule has 0 saturated heterocycles. The van der Waals surface area contributed by atoms with Crippen molar-refractivity contribution < 1.29 is 13.2 Å². The third kappa shape index (κ3) is 4.67. The summed E-state index contributed by atoms with van der Waals surface area (Å²) < 4.78 is 36.8. The van der Waals surface area contributed by atoms with Gasteiger partial charge in [-0.05, 0) is 37.1 Å². The molecule has 1 unspecified atom stereocenters. The second kappa shape index (κ2) is 6.85. The van der Waals surface area contributed by atoms with Gasteiger partial charge in [0.25, 0.3) is 0 Å². The Kier molecular flexibility index (Phi) is 5.12. The third-order valence-corrected chi connectivity index (χ3v) is 3.30. The number of nitrogens with one attached hydrogen (secondary N) is 1. The molecule has 1 aromatic heterocycles. The summed E-state index contributed by atoms with van der Waals surface area (Å²) in [6, 6.07) is 5.55. The molecule has 1 atom stereocenters. The lowest BCUT2D eigenvalue weighted by molar-refractivity contribution is -0.135. The Balaban J connectivity index is 2.11. The monoisotopic (exact) mass is 297 g/mol. The van der Waals surface area contributed by atoms with Crippen LogP contribution >= 0.6 is 0 Å². The first kappa shape index (κ1) is 15.7. The Morgan fingerprint density at radius 3 is 2.52 bits per heavy atom. The predicted octanol–water partition coefficient (Wildman–Crippen LogP) is 4.01. The summed E-state index contributed by atoms with van der Waals surface area (Å²) in [5, 5.41) is 3.23. The van der Waals surface area contributed by atoms with Crippen LogP contribution in [0.15, 0.2) is 30.6 Å². The quantitative estimate of drug-likeness (QED) is 0.875. The molecular weight excluding hydrogens is 279 g/mol. The fraction of sp³-hybridized carbons (Fsp3) is 0.467. The van der Waals surface area contributed by atoms with E-state index in [0.29, 0.717) is 13.0 Å². The molecule has 0 saturated carbocycles. The van der Waals surface area contributed by atoms with Crippen LogP contribution in [-0.2, 0) is 0 Å². The van der Waals surface area contributed by atoms with Crippen molar-refractivity contribution in [2.75, 3.05) is 6.54 Å². The molecule has 6 heteroatoms. The van der Waals surface area contributed by atoms with E-state index in [-0.39, 0.29) is 12.5 Å². The van der Waals surface area contributed by atoms with Gasteiger partial charge in [-0.15, -0.1) is 0 Å². The van der Waals surface area contributed by atoms with Crippen LogP contribution in [0, 0.1) is 0 Å². The van der Waals surface area contributed by atoms with Crippen molar-refractivity contribution in [3.05, 3.63) is 36.2 Å². The fourth-order valence-electron chi connectivity index (χ4n) is 2.34. The molecule has 114 valence electrons. The number of fused-ring (bicyclic) bond motifs is 1. The van der Waals surface area contributed by atoms with Gasteiger partial charge in [0.2, 0.25) is 0 Å². The molecule has 3 nitrogen and oxygen atoms in total. The number of nitrogens with zero attached hydrogens (tertiary/aromatic N) is 2. The summed E-state index contributed by atoms with van der Waals surface area (Å²) >= 11 is 0. The van der Waals surface area contributed by atoms with Crippen molar-refractivity contribution in [1.29, 1.82) is 0 Å². The van der Waals surface area contributed by atoms with Crippen LogP contribution in [0.3, 0.4) is 0 Å². The van der Waals surface area contributed by atoms with Crippen LogP contribution in [-0.4, -0.2) is 22.7 Å². The van der Waals surface area contributed by atoms with Gasteiger partial charge in [-0.3, -0.25) is 9.97 Å². The first-order chi connectivity index (χ1) is 9.99. The Hall–Kier alpha value is -1.69. The Morgan fingerprint density at radius 2 is 1.86 bits per heavy atom. The molecule has 0 bridgehead atoms. The Bertz CT molecular complexity index is 584. The second-order valence-corrected chi connectivity index (χ2v) is 4.92. The molecule has 2 aromatic rings. The number of benzene rings is 1. The van der Waals surface area contributed by atoms with E-state index in [1.165, 1.54) is 0 Å². The van der Waals surface area contributed by atoms with Crippen molar-refractivity contribution >= 4 is 11.0 Å². The van der Waals surface area contributed by atoms with Crippen molar-refractivity contribution in [3.63, 3.8) is 0 Å². The van der Waals surface area contributed by atoms with Crippen LogP contribution in [0.1, 0.15) is 37.8 Å². The molecule has 0 aliphatic rings. The lowest BCUT2D eigenvalue weighted by Crippen LogP contribution is -2.21. The van der Waals surface area contributed by atoms with E-state index in [9.17, 15) is 13.2 Å². The molecule has 0 fully saturated rings. The largest absolute Gasteiger partial charge is 0.389 e. The zero-order valence-corrected chi connectivity index (χ0v) is 11.8. The topological polar surface area (TPSA) is 37.8 Å². The molecule has 0 spiro atoms. The molecule has 2 rings (SSSR count). The summed E-state index contributed by atoms with van der Waals surface area (Å²) in [5.41, 5.74) is 2.49. The van der Waals surface area contributed by atoms with Gasteiger partial charge < -0.3 is 5.32 Å². The van der Waals surface area contributed by atoms with Gasteiger partial charge in [-0.25, -0.2) is 0 Å². The van der Waals surface area contributed by atoms with E-state index in [0.717, 1.165) is 16.6 Å². The number of alkyl halides is 3. The van der Waals surface area contributed by atoms with E-state index in [1.807, 2.05) is 25.1 Å². The fourth-order valence-corrected chi connectivity index (χ4v) is 2.34. The van der Waals surface area contributed by atoms with Gasteiger partial charge >= 0.3 is 6.18 Å². The normalized spacial score (nSPS) is 13.5. The van der Waals surface area contributed by atoms with Gasteiger partial charge in [-0.2, -0.15) is 13.2 Å². The Labute approximate surface area is 121 Å². The standard InChI is InChI=1S/C15H18F3N3/c1-2-19-12(4-3-7-15(16,17)18)11-5-6-13-14(10-11)21-9-8-20-13/h5-6,8-10,12,19H,2-4,7H2,1H3. The smallest absolute Gasteiger partial charge is 0.310 e. The minimum atomic E-state index is -4.09. The average molecular weight is 297 g/mol. The molecule has 1 aromatic carbocycles. The molecule has 1 N–H and O–H groups in total. The lowest BCUT2D eigenvalue weighted by atomic mass is 10.00. The Morgan fingerprint density at radius 1 is 1.14 bits per heavy atom. The summed E-state index contributed by atoms with van der Waals surface area (Å²) in [6.07, 6.45) is -1.06. The highest BCUT2D eigenvalue weighted by atomic mass is 19.4. The lowest BCUT2D eigenvalue weighted by Gasteiger charge is -2.19. The number of aromatic nitrogens is 2. The van der Waals surface area contributed by atoms with Gasteiger partial charge in [0.15, 0.2) is 0 Å². The average Bonchev–Trinajstić information content (AvgIpc) is 2.44. The molecule has 0 aliphatic heterocycles. The third-order valence-electron chi connectivity index (χ3n) is 3.30. The molecule has 21 heavy (non-hydrogen) atoms. The number of hydrogen-bond acceptors (Lipinski definition) is 3. The highest BCUT2D eigenvalue weighted by Crippen LogP contribution is 2.27. The number of rotatable bonds is 6. The van der Waals surface area contributed by atoms with Crippen molar-refractivity contribution in [3.8, 4) is 0 Å². The van der Waals surface area contributed by atoms with Crippen molar-refractivity contribution in [2.24, 2.45) is 0 Å². The summed E-state index contributed by atoms with van der Waals surface area (Å²) in [4.78, 5) is 8.42. The molecule has 0 amide bonds. The number of halogens is 3. The first-order valence-corrected chi connectivity index (χ1v) is 7.00. The summed E-state index contributed by atoms with van der Waals surface area (Å²) in [7, 11) is 0. The summed E-state index contributed by atoms with van der Waals surface area (Å²) in [5.74, 6) is 0. The highest BCUT2D eigenvalue weighted by molar-refractivity contribution is 5.74. The van der Waals surface area contributed by atoms with E-state index >= 15 is 0 Å². The molecule has 0 aliphatic carbocycles. The molecular formula is C15H18F3N3. The van der Waals surface area contributed by atoms with Crippen molar-refractivity contribution in [1.82, 2.24) is 15.3 Å². The van der Waals surface area contributed by atoms with E-state index in [2.05, 4.69) is 15.3 Å². The van der Waals surface area contributed by atoms with Crippen LogP contribution in [0.5, 0.6) is 0 Å². The van der Waals surface area contributed by atoms with Gasteiger partial charge in [0.05, 0.1) is 11.0 Å². The maximum atomic E-state index is 12.3. The van der Waals surface area contributed by atoms with Gasteiger partial charge in [0, 0.05) is 24.9 Å². The van der Waals surface area contributed by atoms with Gasteiger partial charge in [0.1, 0.15) is 0 Å². The summed E-state index contributed by atoms with van der Waals surface area (Å²) in [6.45, 7) is 2.65. The van der Waals surface area contributed by atoms with E-state index in [4.69, 9.17) is 0 Å². The SMILES string of the molecule is CCNC(CCCC(F)(F)F)c1ccc2nccnc2c1. The van der Waals surface area contributed by atoms with Gasteiger partial charge in [-0.1, -0.05) is 13.0 Å².